The zero-order valence-electron chi connectivity index (χ0n) is 8.43. The molecule has 1 aromatic rings. The van der Waals surface area contributed by atoms with Crippen molar-refractivity contribution in [2.75, 3.05) is 6.54 Å². The quantitative estimate of drug-likeness (QED) is 0.855. The number of carbonyl (C=O) groups is 1. The van der Waals surface area contributed by atoms with Gasteiger partial charge in [0.05, 0.1) is 5.56 Å². The maximum absolute atomic E-state index is 11.7. The van der Waals surface area contributed by atoms with E-state index < -0.39 is 0 Å². The van der Waals surface area contributed by atoms with Crippen LogP contribution < -0.4 is 5.32 Å². The Morgan fingerprint density at radius 3 is 2.79 bits per heavy atom. The summed E-state index contributed by atoms with van der Waals surface area (Å²) in [4.78, 5) is 11.7. The molecular formula is C11H14INO. The highest BCUT2D eigenvalue weighted by Gasteiger charge is 2.11. The van der Waals surface area contributed by atoms with Crippen LogP contribution in [0.25, 0.3) is 0 Å². The van der Waals surface area contributed by atoms with Gasteiger partial charge < -0.3 is 5.32 Å². The van der Waals surface area contributed by atoms with Gasteiger partial charge in [0.1, 0.15) is 0 Å². The summed E-state index contributed by atoms with van der Waals surface area (Å²) in [7, 11) is 0. The van der Waals surface area contributed by atoms with Crippen LogP contribution in [0.15, 0.2) is 18.2 Å². The first-order valence-corrected chi connectivity index (χ1v) is 5.78. The minimum absolute atomic E-state index is 0.0364. The highest BCUT2D eigenvalue weighted by atomic mass is 127. The lowest BCUT2D eigenvalue weighted by molar-refractivity contribution is 0.0952. The minimum Gasteiger partial charge on any atom is -0.352 e. The van der Waals surface area contributed by atoms with Gasteiger partial charge >= 0.3 is 0 Å². The van der Waals surface area contributed by atoms with Gasteiger partial charge in [0.25, 0.3) is 5.91 Å². The third-order valence-electron chi connectivity index (χ3n) is 1.98. The molecule has 1 amide bonds. The molecule has 0 fully saturated rings. The van der Waals surface area contributed by atoms with Crippen LogP contribution in [-0.4, -0.2) is 12.5 Å². The second kappa shape index (κ2) is 5.34. The smallest absolute Gasteiger partial charge is 0.252 e. The summed E-state index contributed by atoms with van der Waals surface area (Å²) >= 11 is 2.19. The Labute approximate surface area is 98.2 Å². The molecule has 0 heterocycles. The third kappa shape index (κ3) is 2.70. The lowest BCUT2D eigenvalue weighted by Gasteiger charge is -2.08. The van der Waals surface area contributed by atoms with Gasteiger partial charge in [-0.2, -0.15) is 0 Å². The van der Waals surface area contributed by atoms with Gasteiger partial charge in [0.15, 0.2) is 0 Å². The monoisotopic (exact) mass is 303 g/mol. The van der Waals surface area contributed by atoms with Crippen LogP contribution in [0, 0.1) is 10.5 Å². The van der Waals surface area contributed by atoms with Crippen molar-refractivity contribution in [2.24, 2.45) is 0 Å². The molecule has 0 aliphatic rings. The molecule has 0 saturated carbocycles. The molecule has 1 rings (SSSR count). The fraction of sp³-hybridized carbons (Fsp3) is 0.364. The van der Waals surface area contributed by atoms with Gasteiger partial charge in [-0.3, -0.25) is 4.79 Å². The van der Waals surface area contributed by atoms with Crippen LogP contribution in [0.5, 0.6) is 0 Å². The van der Waals surface area contributed by atoms with E-state index in [2.05, 4.69) is 27.9 Å². The van der Waals surface area contributed by atoms with Gasteiger partial charge in [0, 0.05) is 10.1 Å². The van der Waals surface area contributed by atoms with Gasteiger partial charge in [-0.1, -0.05) is 19.1 Å². The predicted octanol–water partition coefficient (Wildman–Crippen LogP) is 2.74. The van der Waals surface area contributed by atoms with E-state index in [1.54, 1.807) is 0 Å². The number of nitrogens with one attached hydrogen (secondary N) is 1. The Hall–Kier alpha value is -0.580. The van der Waals surface area contributed by atoms with E-state index in [1.807, 2.05) is 32.0 Å². The number of hydrogen-bond acceptors (Lipinski definition) is 1. The first-order chi connectivity index (χ1) is 6.66. The average Bonchev–Trinajstić information content (AvgIpc) is 2.14. The molecule has 0 atom stereocenters. The maximum Gasteiger partial charge on any atom is 0.252 e. The summed E-state index contributed by atoms with van der Waals surface area (Å²) in [6.45, 7) is 4.75. The molecule has 1 aromatic carbocycles. The summed E-state index contributed by atoms with van der Waals surface area (Å²) in [5.41, 5.74) is 1.84. The molecule has 14 heavy (non-hydrogen) atoms. The van der Waals surface area contributed by atoms with E-state index >= 15 is 0 Å². The van der Waals surface area contributed by atoms with Crippen molar-refractivity contribution in [3.05, 3.63) is 32.9 Å². The molecular weight excluding hydrogens is 289 g/mol. The number of aryl methyl sites for hydroxylation is 1. The molecule has 0 aromatic heterocycles. The molecule has 2 nitrogen and oxygen atoms in total. The fourth-order valence-corrected chi connectivity index (χ4v) is 2.12. The summed E-state index contributed by atoms with van der Waals surface area (Å²) in [5, 5.41) is 2.89. The number of rotatable bonds is 3. The van der Waals surface area contributed by atoms with E-state index in [0.717, 1.165) is 27.7 Å². The predicted molar refractivity (Wildman–Crippen MR) is 66.5 cm³/mol. The topological polar surface area (TPSA) is 29.1 Å². The number of amides is 1. The Morgan fingerprint density at radius 1 is 1.50 bits per heavy atom. The van der Waals surface area contributed by atoms with Crippen molar-refractivity contribution in [1.82, 2.24) is 5.32 Å². The summed E-state index contributed by atoms with van der Waals surface area (Å²) in [5.74, 6) is 0.0364. The average molecular weight is 303 g/mol. The Morgan fingerprint density at radius 2 is 2.21 bits per heavy atom. The van der Waals surface area contributed by atoms with E-state index in [-0.39, 0.29) is 5.91 Å². The van der Waals surface area contributed by atoms with Gasteiger partial charge in [-0.15, -0.1) is 0 Å². The lowest BCUT2D eigenvalue weighted by atomic mass is 10.1. The Bertz CT molecular complexity index is 316. The molecule has 76 valence electrons. The normalized spacial score (nSPS) is 9.93. The standard InChI is InChI=1S/C11H14INO/c1-3-7-13-11(14)10-8(2)5-4-6-9(10)12/h4-6H,3,7H2,1-2H3,(H,13,14). The molecule has 0 aliphatic carbocycles. The molecule has 0 aliphatic heterocycles. The highest BCUT2D eigenvalue weighted by Crippen LogP contribution is 2.15. The molecule has 1 N–H and O–H groups in total. The minimum atomic E-state index is 0.0364. The number of benzene rings is 1. The van der Waals surface area contributed by atoms with Crippen LogP contribution in [0.2, 0.25) is 0 Å². The number of hydrogen-bond donors (Lipinski definition) is 1. The van der Waals surface area contributed by atoms with Crippen molar-refractivity contribution in [1.29, 1.82) is 0 Å². The SMILES string of the molecule is CCCNC(=O)c1c(C)cccc1I. The van der Waals surface area contributed by atoms with Crippen LogP contribution in [0.1, 0.15) is 29.3 Å². The van der Waals surface area contributed by atoms with Crippen LogP contribution in [0.3, 0.4) is 0 Å². The largest absolute Gasteiger partial charge is 0.352 e. The molecule has 3 heteroatoms. The van der Waals surface area contributed by atoms with E-state index in [0.29, 0.717) is 0 Å². The fourth-order valence-electron chi connectivity index (χ4n) is 1.25. The summed E-state index contributed by atoms with van der Waals surface area (Å²) < 4.78 is 1.01. The highest BCUT2D eigenvalue weighted by molar-refractivity contribution is 14.1. The third-order valence-corrected chi connectivity index (χ3v) is 2.88. The second-order valence-corrected chi connectivity index (χ2v) is 4.35. The van der Waals surface area contributed by atoms with Crippen molar-refractivity contribution >= 4 is 28.5 Å². The summed E-state index contributed by atoms with van der Waals surface area (Å²) in [6.07, 6.45) is 0.966. The Kier molecular flexibility index (Phi) is 4.38. The van der Waals surface area contributed by atoms with Crippen LogP contribution in [-0.2, 0) is 0 Å². The van der Waals surface area contributed by atoms with E-state index in [9.17, 15) is 4.79 Å². The lowest BCUT2D eigenvalue weighted by Crippen LogP contribution is -2.25. The number of carbonyl (C=O) groups excluding carboxylic acids is 1. The van der Waals surface area contributed by atoms with Gasteiger partial charge in [-0.25, -0.2) is 0 Å². The first kappa shape index (κ1) is 11.5. The van der Waals surface area contributed by atoms with E-state index in [1.165, 1.54) is 0 Å². The zero-order valence-corrected chi connectivity index (χ0v) is 10.6. The first-order valence-electron chi connectivity index (χ1n) is 4.70. The zero-order chi connectivity index (χ0) is 10.6. The molecule has 0 bridgehead atoms. The summed E-state index contributed by atoms with van der Waals surface area (Å²) in [6, 6.07) is 5.88. The Balaban J connectivity index is 2.89. The molecule has 0 saturated heterocycles. The van der Waals surface area contributed by atoms with Crippen molar-refractivity contribution in [3.63, 3.8) is 0 Å². The molecule has 0 radical (unpaired) electrons. The van der Waals surface area contributed by atoms with E-state index in [4.69, 9.17) is 0 Å². The molecule has 0 spiro atoms. The van der Waals surface area contributed by atoms with Gasteiger partial charge in [-0.05, 0) is 47.6 Å². The van der Waals surface area contributed by atoms with Crippen molar-refractivity contribution in [3.8, 4) is 0 Å². The van der Waals surface area contributed by atoms with Crippen LogP contribution in [0.4, 0.5) is 0 Å². The molecule has 0 unspecified atom stereocenters. The maximum atomic E-state index is 11.7. The van der Waals surface area contributed by atoms with Crippen molar-refractivity contribution in [2.45, 2.75) is 20.3 Å². The van der Waals surface area contributed by atoms with Gasteiger partial charge in [0.2, 0.25) is 0 Å². The second-order valence-electron chi connectivity index (χ2n) is 3.19. The van der Waals surface area contributed by atoms with Crippen LogP contribution >= 0.6 is 22.6 Å². The number of halogens is 1. The van der Waals surface area contributed by atoms with Crippen molar-refractivity contribution < 1.29 is 4.79 Å².